The molecule has 0 aliphatic carbocycles. The Balaban J connectivity index is 3.35. The molecule has 0 radical (unpaired) electrons. The van der Waals surface area contributed by atoms with Gasteiger partial charge in [0.1, 0.15) is 5.25 Å². The van der Waals surface area contributed by atoms with Crippen LogP contribution in [0.3, 0.4) is 0 Å². The summed E-state index contributed by atoms with van der Waals surface area (Å²) in [5.41, 5.74) is 0.464. The fourth-order valence-electron chi connectivity index (χ4n) is 1.73. The molecule has 0 aromatic heterocycles. The zero-order valence-electron chi connectivity index (χ0n) is 10.4. The third kappa shape index (κ3) is 3.37. The fraction of sp³-hybridized carbons (Fsp3) is 0.250. The van der Waals surface area contributed by atoms with Gasteiger partial charge in [0.15, 0.2) is 0 Å². The molecule has 0 bridgehead atoms. The number of carboxylic acid groups (broad SMARTS) is 1. The lowest BCUT2D eigenvalue weighted by Crippen LogP contribution is -2.47. The second-order valence-electron chi connectivity index (χ2n) is 3.73. The largest absolute Gasteiger partial charge is 0.480 e. The minimum absolute atomic E-state index is 0.464. The molecule has 2 N–H and O–H groups in total. The Morgan fingerprint density at radius 3 is 2.42 bits per heavy atom. The molecule has 7 heteroatoms. The highest BCUT2D eigenvalue weighted by Gasteiger charge is 2.40. The lowest BCUT2D eigenvalue weighted by Gasteiger charge is -2.38. The molecule has 0 aromatic rings. The molecule has 1 heterocycles. The highest BCUT2D eigenvalue weighted by Crippen LogP contribution is 2.40. The maximum atomic E-state index is 11.5. The van der Waals surface area contributed by atoms with Gasteiger partial charge in [0.2, 0.25) is 0 Å². The van der Waals surface area contributed by atoms with Crippen molar-refractivity contribution < 1.29 is 18.7 Å². The van der Waals surface area contributed by atoms with Crippen LogP contribution in [-0.2, 0) is 16.1 Å². The third-order valence-corrected chi connectivity index (χ3v) is 4.82. The minimum Gasteiger partial charge on any atom is -0.480 e. The average molecular weight is 301 g/mol. The van der Waals surface area contributed by atoms with E-state index in [2.05, 4.69) is 13.2 Å². The molecule has 1 aliphatic heterocycles. The van der Waals surface area contributed by atoms with Crippen molar-refractivity contribution in [3.63, 3.8) is 0 Å². The molecule has 0 saturated carbocycles. The highest BCUT2D eigenvalue weighted by atomic mass is 32.2. The van der Waals surface area contributed by atoms with Gasteiger partial charge in [-0.1, -0.05) is 25.3 Å². The quantitative estimate of drug-likeness (QED) is 0.778. The molecular formula is C12H15NO4S2. The number of aliphatic carboxylic acids is 1. The monoisotopic (exact) mass is 301 g/mol. The van der Waals surface area contributed by atoms with Gasteiger partial charge in [-0.3, -0.25) is 13.7 Å². The van der Waals surface area contributed by atoms with E-state index in [4.69, 9.17) is 0 Å². The number of carboxylic acids is 1. The standard InChI is InChI=1S/C12H15NO4S2/c1-4-6-9-10(7-5-2)18-11(12(14)15)8(3)13(9)19(16)17/h4-8,11H,1-2H2,3H3,(H,14,15)(H,16,17)/b9-6+,10-7+/t8-,11-/m1/s1. The van der Waals surface area contributed by atoms with Crippen LogP contribution >= 0.6 is 11.8 Å². The van der Waals surface area contributed by atoms with Gasteiger partial charge in [-0.05, 0) is 19.1 Å². The third-order valence-electron chi connectivity index (χ3n) is 2.51. The SMILES string of the molecule is C=C/C=C1/S[C@@H](C(=O)O)[C@@H](C)N(S(=O)O)/C1=C/C=C. The summed E-state index contributed by atoms with van der Waals surface area (Å²) in [6, 6.07) is -0.624. The van der Waals surface area contributed by atoms with Crippen molar-refractivity contribution in [1.29, 1.82) is 0 Å². The Hall–Kier alpha value is -1.31. The van der Waals surface area contributed by atoms with E-state index in [1.165, 1.54) is 12.2 Å². The summed E-state index contributed by atoms with van der Waals surface area (Å²) in [4.78, 5) is 11.8. The van der Waals surface area contributed by atoms with Crippen LogP contribution in [0.4, 0.5) is 0 Å². The first-order chi connectivity index (χ1) is 8.93. The summed E-state index contributed by atoms with van der Waals surface area (Å²) in [7, 11) is 0. The molecule has 1 unspecified atom stereocenters. The zero-order valence-corrected chi connectivity index (χ0v) is 12.0. The average Bonchev–Trinajstić information content (AvgIpc) is 2.32. The van der Waals surface area contributed by atoms with Gasteiger partial charge in [0.05, 0.1) is 11.7 Å². The number of carbonyl (C=O) groups is 1. The Kier molecular flexibility index (Phi) is 5.59. The summed E-state index contributed by atoms with van der Waals surface area (Å²) in [5.74, 6) is -1.03. The van der Waals surface area contributed by atoms with Crippen LogP contribution in [-0.4, -0.2) is 35.4 Å². The van der Waals surface area contributed by atoms with Crippen molar-refractivity contribution in [2.24, 2.45) is 0 Å². The molecule has 1 aliphatic rings. The molecule has 104 valence electrons. The first kappa shape index (κ1) is 15.7. The van der Waals surface area contributed by atoms with Gasteiger partial charge in [0, 0.05) is 4.91 Å². The van der Waals surface area contributed by atoms with Crippen LogP contribution in [0.1, 0.15) is 6.92 Å². The van der Waals surface area contributed by atoms with Gasteiger partial charge in [-0.25, -0.2) is 4.21 Å². The maximum Gasteiger partial charge on any atom is 0.319 e. The predicted octanol–water partition coefficient (Wildman–Crippen LogP) is 2.15. The zero-order chi connectivity index (χ0) is 14.6. The Morgan fingerprint density at radius 1 is 1.42 bits per heavy atom. The van der Waals surface area contributed by atoms with Crippen LogP contribution in [0.5, 0.6) is 0 Å². The molecule has 0 amide bonds. The first-order valence-corrected chi connectivity index (χ1v) is 7.33. The van der Waals surface area contributed by atoms with E-state index in [1.54, 1.807) is 19.1 Å². The second kappa shape index (κ2) is 6.74. The number of rotatable bonds is 4. The second-order valence-corrected chi connectivity index (χ2v) is 5.77. The van der Waals surface area contributed by atoms with Gasteiger partial charge >= 0.3 is 5.97 Å². The highest BCUT2D eigenvalue weighted by molar-refractivity contribution is 8.04. The molecule has 19 heavy (non-hydrogen) atoms. The molecule has 0 aromatic carbocycles. The molecular weight excluding hydrogens is 286 g/mol. The molecule has 1 rings (SSSR count). The topological polar surface area (TPSA) is 77.8 Å². The molecule has 1 saturated heterocycles. The van der Waals surface area contributed by atoms with Gasteiger partial charge < -0.3 is 5.11 Å². The predicted molar refractivity (Wildman–Crippen MR) is 77.6 cm³/mol. The summed E-state index contributed by atoms with van der Waals surface area (Å²) >= 11 is -1.18. The van der Waals surface area contributed by atoms with Crippen LogP contribution in [0.25, 0.3) is 0 Å². The first-order valence-electron chi connectivity index (χ1n) is 5.39. The molecule has 5 nitrogen and oxygen atoms in total. The Bertz CT molecular complexity index is 484. The van der Waals surface area contributed by atoms with E-state index in [-0.39, 0.29) is 0 Å². The lowest BCUT2D eigenvalue weighted by molar-refractivity contribution is -0.137. The molecule has 0 spiro atoms. The Labute approximate surface area is 118 Å². The molecule has 3 atom stereocenters. The van der Waals surface area contributed by atoms with E-state index in [0.717, 1.165) is 16.1 Å². The van der Waals surface area contributed by atoms with Crippen LogP contribution in [0, 0.1) is 0 Å². The van der Waals surface area contributed by atoms with Crippen molar-refractivity contribution in [3.8, 4) is 0 Å². The fourth-order valence-corrected chi connectivity index (χ4v) is 3.75. The van der Waals surface area contributed by atoms with Crippen molar-refractivity contribution in [3.05, 3.63) is 48.1 Å². The number of hydrogen-bond acceptors (Lipinski definition) is 3. The summed E-state index contributed by atoms with van der Waals surface area (Å²) < 4.78 is 22.0. The van der Waals surface area contributed by atoms with Crippen molar-refractivity contribution in [2.75, 3.05) is 0 Å². The number of allylic oxidation sites excluding steroid dienone is 4. The number of hydrogen-bond donors (Lipinski definition) is 2. The number of thioether (sulfide) groups is 1. The maximum absolute atomic E-state index is 11.5. The van der Waals surface area contributed by atoms with E-state index >= 15 is 0 Å². The van der Waals surface area contributed by atoms with Crippen molar-refractivity contribution in [2.45, 2.75) is 18.2 Å². The van der Waals surface area contributed by atoms with E-state index in [9.17, 15) is 18.7 Å². The summed E-state index contributed by atoms with van der Waals surface area (Å²) in [6.07, 6.45) is 6.18. The van der Waals surface area contributed by atoms with Gasteiger partial charge in [0.25, 0.3) is 11.3 Å². The lowest BCUT2D eigenvalue weighted by atomic mass is 10.2. The normalized spacial score (nSPS) is 29.3. The van der Waals surface area contributed by atoms with Crippen molar-refractivity contribution in [1.82, 2.24) is 4.31 Å². The number of nitrogens with zero attached hydrogens (tertiary/aromatic N) is 1. The summed E-state index contributed by atoms with van der Waals surface area (Å²) in [6.45, 7) is 8.72. The van der Waals surface area contributed by atoms with E-state index in [1.807, 2.05) is 0 Å². The minimum atomic E-state index is -2.31. The van der Waals surface area contributed by atoms with E-state index < -0.39 is 28.5 Å². The van der Waals surface area contributed by atoms with Crippen LogP contribution < -0.4 is 0 Å². The molecule has 1 fully saturated rings. The van der Waals surface area contributed by atoms with Crippen LogP contribution in [0.2, 0.25) is 0 Å². The summed E-state index contributed by atoms with van der Waals surface area (Å²) in [5, 5.41) is 8.36. The van der Waals surface area contributed by atoms with Gasteiger partial charge in [-0.15, -0.1) is 11.8 Å². The van der Waals surface area contributed by atoms with E-state index in [0.29, 0.717) is 10.6 Å². The Morgan fingerprint density at radius 2 is 2.00 bits per heavy atom. The van der Waals surface area contributed by atoms with Crippen LogP contribution in [0.15, 0.2) is 48.1 Å². The smallest absolute Gasteiger partial charge is 0.319 e. The van der Waals surface area contributed by atoms with Gasteiger partial charge in [-0.2, -0.15) is 0 Å². The van der Waals surface area contributed by atoms with Crippen molar-refractivity contribution >= 4 is 29.0 Å².